The molecule has 19 heavy (non-hydrogen) atoms. The van der Waals surface area contributed by atoms with Crippen molar-refractivity contribution in [2.24, 2.45) is 0 Å². The number of hydrogen-bond acceptors (Lipinski definition) is 4. The topological polar surface area (TPSA) is 52.4 Å². The molecule has 106 valence electrons. The van der Waals surface area contributed by atoms with Crippen LogP contribution >= 0.6 is 23.4 Å². The Morgan fingerprint density at radius 2 is 2.11 bits per heavy atom. The van der Waals surface area contributed by atoms with E-state index in [0.717, 1.165) is 6.42 Å². The van der Waals surface area contributed by atoms with Gasteiger partial charge in [0.25, 0.3) is 0 Å². The van der Waals surface area contributed by atoms with E-state index in [9.17, 15) is 10.1 Å². The second-order valence-electron chi connectivity index (χ2n) is 4.43. The Hall–Kier alpha value is -0.940. The van der Waals surface area contributed by atoms with Gasteiger partial charge < -0.3 is 4.74 Å². The van der Waals surface area contributed by atoms with Crippen molar-refractivity contribution in [3.63, 3.8) is 0 Å². The molecular formula is C13H18ClNO3S. The fourth-order valence-electron chi connectivity index (χ4n) is 1.56. The lowest BCUT2D eigenvalue weighted by Gasteiger charge is -2.13. The monoisotopic (exact) mass is 303 g/mol. The van der Waals surface area contributed by atoms with E-state index in [1.807, 2.05) is 20.8 Å². The van der Waals surface area contributed by atoms with E-state index in [4.69, 9.17) is 16.3 Å². The van der Waals surface area contributed by atoms with Crippen molar-refractivity contribution in [3.8, 4) is 5.75 Å². The molecule has 6 heteroatoms. The SMILES string of the molecule is CC(C)Oc1cccc(SC(C)CCCl)c1[N+](=O)[O-]. The molecule has 0 amide bonds. The van der Waals surface area contributed by atoms with Crippen molar-refractivity contribution in [3.05, 3.63) is 28.3 Å². The molecule has 1 unspecified atom stereocenters. The number of nitro benzene ring substituents is 1. The molecule has 0 bridgehead atoms. The molecule has 1 aromatic rings. The minimum atomic E-state index is -0.381. The maximum absolute atomic E-state index is 11.2. The predicted octanol–water partition coefficient (Wildman–Crippen LogP) is 4.49. The summed E-state index contributed by atoms with van der Waals surface area (Å²) < 4.78 is 5.51. The van der Waals surface area contributed by atoms with E-state index in [0.29, 0.717) is 16.5 Å². The first-order valence-corrected chi connectivity index (χ1v) is 7.53. The Bertz CT molecular complexity index is 440. The molecular weight excluding hydrogens is 286 g/mol. The van der Waals surface area contributed by atoms with Gasteiger partial charge in [0.1, 0.15) is 0 Å². The summed E-state index contributed by atoms with van der Waals surface area (Å²) in [5.74, 6) is 0.868. The normalized spacial score (nSPS) is 12.5. The van der Waals surface area contributed by atoms with Crippen molar-refractivity contribution >= 4 is 29.1 Å². The van der Waals surface area contributed by atoms with Crippen LogP contribution in [0.15, 0.2) is 23.1 Å². The van der Waals surface area contributed by atoms with E-state index in [-0.39, 0.29) is 22.0 Å². The van der Waals surface area contributed by atoms with Gasteiger partial charge in [-0.1, -0.05) is 13.0 Å². The number of nitrogens with zero attached hydrogens (tertiary/aromatic N) is 1. The van der Waals surface area contributed by atoms with Crippen LogP contribution in [0.4, 0.5) is 5.69 Å². The van der Waals surface area contributed by atoms with Crippen LogP contribution in [0, 0.1) is 10.1 Å². The van der Waals surface area contributed by atoms with Crippen LogP contribution in [0.3, 0.4) is 0 Å². The Labute approximate surface area is 122 Å². The minimum absolute atomic E-state index is 0.0441. The van der Waals surface area contributed by atoms with E-state index >= 15 is 0 Å². The number of hydrogen-bond donors (Lipinski definition) is 0. The maximum atomic E-state index is 11.2. The summed E-state index contributed by atoms with van der Waals surface area (Å²) in [5.41, 5.74) is 0.0441. The molecule has 1 atom stereocenters. The molecule has 1 rings (SSSR count). The van der Waals surface area contributed by atoms with E-state index in [1.165, 1.54) is 11.8 Å². The average Bonchev–Trinajstić information content (AvgIpc) is 2.27. The second kappa shape index (κ2) is 7.60. The fourth-order valence-corrected chi connectivity index (χ4v) is 3.13. The van der Waals surface area contributed by atoms with Crippen LogP contribution in [-0.4, -0.2) is 22.2 Å². The minimum Gasteiger partial charge on any atom is -0.484 e. The molecule has 4 nitrogen and oxygen atoms in total. The van der Waals surface area contributed by atoms with Gasteiger partial charge in [-0.15, -0.1) is 23.4 Å². The Balaban J connectivity index is 3.06. The number of halogens is 1. The lowest BCUT2D eigenvalue weighted by Crippen LogP contribution is -2.08. The summed E-state index contributed by atoms with van der Waals surface area (Å²) in [5, 5.41) is 11.5. The number of nitro groups is 1. The number of benzene rings is 1. The molecule has 1 aromatic carbocycles. The van der Waals surface area contributed by atoms with Crippen LogP contribution in [0.2, 0.25) is 0 Å². The zero-order chi connectivity index (χ0) is 14.4. The van der Waals surface area contributed by atoms with Gasteiger partial charge >= 0.3 is 5.69 Å². The van der Waals surface area contributed by atoms with Crippen molar-refractivity contribution in [2.75, 3.05) is 5.88 Å². The molecule has 0 aliphatic heterocycles. The molecule has 0 aromatic heterocycles. The smallest absolute Gasteiger partial charge is 0.324 e. The van der Waals surface area contributed by atoms with Crippen molar-refractivity contribution in [1.82, 2.24) is 0 Å². The first-order chi connectivity index (χ1) is 8.95. The lowest BCUT2D eigenvalue weighted by atomic mass is 10.3. The Kier molecular flexibility index (Phi) is 6.45. The number of ether oxygens (including phenoxy) is 1. The summed E-state index contributed by atoms with van der Waals surface area (Å²) in [6, 6.07) is 5.16. The van der Waals surface area contributed by atoms with Crippen LogP contribution in [-0.2, 0) is 0 Å². The standard InChI is InChI=1S/C13H18ClNO3S/c1-9(2)18-11-5-4-6-12(13(11)15(16)17)19-10(3)7-8-14/h4-6,9-10H,7-8H2,1-3H3. The molecule has 0 heterocycles. The van der Waals surface area contributed by atoms with E-state index < -0.39 is 0 Å². The summed E-state index contributed by atoms with van der Waals surface area (Å²) >= 11 is 7.15. The average molecular weight is 304 g/mol. The highest BCUT2D eigenvalue weighted by Crippen LogP contribution is 2.39. The Morgan fingerprint density at radius 3 is 2.63 bits per heavy atom. The first kappa shape index (κ1) is 16.1. The molecule has 0 aliphatic carbocycles. The van der Waals surface area contributed by atoms with Gasteiger partial charge in [-0.05, 0) is 32.4 Å². The van der Waals surface area contributed by atoms with Gasteiger partial charge in [0, 0.05) is 11.1 Å². The third-order valence-electron chi connectivity index (χ3n) is 2.35. The van der Waals surface area contributed by atoms with Gasteiger partial charge in [0.05, 0.1) is 15.9 Å². The number of alkyl halides is 1. The third kappa shape index (κ3) is 4.91. The fraction of sp³-hybridized carbons (Fsp3) is 0.538. The summed E-state index contributed by atoms with van der Waals surface area (Å²) in [6.07, 6.45) is 0.706. The van der Waals surface area contributed by atoms with E-state index in [1.54, 1.807) is 18.2 Å². The van der Waals surface area contributed by atoms with Crippen molar-refractivity contribution < 1.29 is 9.66 Å². The predicted molar refractivity (Wildman–Crippen MR) is 79.5 cm³/mol. The van der Waals surface area contributed by atoms with Gasteiger partial charge in [-0.3, -0.25) is 10.1 Å². The highest BCUT2D eigenvalue weighted by Gasteiger charge is 2.23. The van der Waals surface area contributed by atoms with Gasteiger partial charge in [0.15, 0.2) is 5.75 Å². The third-order valence-corrected chi connectivity index (χ3v) is 3.79. The highest BCUT2D eigenvalue weighted by atomic mass is 35.5. The highest BCUT2D eigenvalue weighted by molar-refractivity contribution is 8.00. The van der Waals surface area contributed by atoms with Gasteiger partial charge in [-0.25, -0.2) is 0 Å². The zero-order valence-electron chi connectivity index (χ0n) is 11.3. The lowest BCUT2D eigenvalue weighted by molar-refractivity contribution is -0.388. The number of para-hydroxylation sites is 1. The quantitative estimate of drug-likeness (QED) is 0.322. The summed E-state index contributed by atoms with van der Waals surface area (Å²) in [6.45, 7) is 5.70. The second-order valence-corrected chi connectivity index (χ2v) is 6.29. The molecule has 0 fully saturated rings. The van der Waals surface area contributed by atoms with Crippen molar-refractivity contribution in [2.45, 2.75) is 43.4 Å². The largest absolute Gasteiger partial charge is 0.484 e. The van der Waals surface area contributed by atoms with Crippen LogP contribution in [0.25, 0.3) is 0 Å². The maximum Gasteiger partial charge on any atom is 0.324 e. The van der Waals surface area contributed by atoms with Crippen LogP contribution in [0.1, 0.15) is 27.2 Å². The van der Waals surface area contributed by atoms with E-state index in [2.05, 4.69) is 0 Å². The van der Waals surface area contributed by atoms with Gasteiger partial charge in [-0.2, -0.15) is 0 Å². The van der Waals surface area contributed by atoms with Gasteiger partial charge in [0.2, 0.25) is 0 Å². The zero-order valence-corrected chi connectivity index (χ0v) is 12.8. The molecule has 0 radical (unpaired) electrons. The summed E-state index contributed by atoms with van der Waals surface area (Å²) in [7, 11) is 0. The first-order valence-electron chi connectivity index (χ1n) is 6.12. The Morgan fingerprint density at radius 1 is 1.42 bits per heavy atom. The molecule has 0 aliphatic rings. The molecule has 0 spiro atoms. The summed E-state index contributed by atoms with van der Waals surface area (Å²) in [4.78, 5) is 11.5. The molecule has 0 saturated heterocycles. The molecule has 0 N–H and O–H groups in total. The number of thioether (sulfide) groups is 1. The molecule has 0 saturated carbocycles. The number of rotatable bonds is 7. The van der Waals surface area contributed by atoms with Crippen LogP contribution < -0.4 is 4.74 Å². The van der Waals surface area contributed by atoms with Crippen molar-refractivity contribution in [1.29, 1.82) is 0 Å². The van der Waals surface area contributed by atoms with Crippen LogP contribution in [0.5, 0.6) is 5.75 Å².